The Bertz CT molecular complexity index is 391. The standard InChI is InChI=1S/C11H13NOS/c1-8-5-13-6-10(8)11(12-2)9-3-4-14-7-9/h3-7,11-12H,1-2H3. The molecule has 0 spiro atoms. The van der Waals surface area contributed by atoms with Gasteiger partial charge in [-0.15, -0.1) is 0 Å². The predicted molar refractivity (Wildman–Crippen MR) is 58.7 cm³/mol. The molecule has 0 radical (unpaired) electrons. The van der Waals surface area contributed by atoms with Crippen molar-refractivity contribution in [2.45, 2.75) is 13.0 Å². The Kier molecular flexibility index (Phi) is 2.70. The fourth-order valence-corrected chi connectivity index (χ4v) is 2.29. The monoisotopic (exact) mass is 207 g/mol. The molecule has 0 aliphatic rings. The van der Waals surface area contributed by atoms with E-state index in [4.69, 9.17) is 4.42 Å². The van der Waals surface area contributed by atoms with E-state index >= 15 is 0 Å². The smallest absolute Gasteiger partial charge is 0.0956 e. The first-order chi connectivity index (χ1) is 6.83. The van der Waals surface area contributed by atoms with E-state index in [-0.39, 0.29) is 6.04 Å². The predicted octanol–water partition coefficient (Wildman–Crippen LogP) is 2.96. The molecule has 2 aromatic heterocycles. The molecule has 2 heterocycles. The van der Waals surface area contributed by atoms with Crippen LogP contribution in [0.15, 0.2) is 33.8 Å². The first-order valence-corrected chi connectivity index (χ1v) is 5.49. The number of furan rings is 1. The summed E-state index contributed by atoms with van der Waals surface area (Å²) in [5, 5.41) is 7.55. The second-order valence-electron chi connectivity index (χ2n) is 3.29. The van der Waals surface area contributed by atoms with Gasteiger partial charge < -0.3 is 9.73 Å². The summed E-state index contributed by atoms with van der Waals surface area (Å²) in [5.74, 6) is 0. The third-order valence-corrected chi connectivity index (χ3v) is 3.07. The van der Waals surface area contributed by atoms with Gasteiger partial charge in [0.25, 0.3) is 0 Å². The summed E-state index contributed by atoms with van der Waals surface area (Å²) >= 11 is 1.72. The van der Waals surface area contributed by atoms with E-state index in [1.54, 1.807) is 17.6 Å². The van der Waals surface area contributed by atoms with Gasteiger partial charge in [0.2, 0.25) is 0 Å². The summed E-state index contributed by atoms with van der Waals surface area (Å²) < 4.78 is 5.19. The van der Waals surface area contributed by atoms with Crippen LogP contribution in [0.1, 0.15) is 22.7 Å². The average molecular weight is 207 g/mol. The van der Waals surface area contributed by atoms with Crippen molar-refractivity contribution >= 4 is 11.3 Å². The summed E-state index contributed by atoms with van der Waals surface area (Å²) in [6.45, 7) is 2.07. The number of aryl methyl sites for hydroxylation is 1. The molecular formula is C11H13NOS. The van der Waals surface area contributed by atoms with E-state index in [0.717, 1.165) is 0 Å². The van der Waals surface area contributed by atoms with E-state index in [2.05, 4.69) is 29.1 Å². The van der Waals surface area contributed by atoms with Crippen molar-refractivity contribution in [1.29, 1.82) is 0 Å². The lowest BCUT2D eigenvalue weighted by atomic mass is 10.0. The minimum atomic E-state index is 0.250. The SMILES string of the molecule is CNC(c1ccsc1)c1cocc1C. The van der Waals surface area contributed by atoms with Gasteiger partial charge in [-0.1, -0.05) is 0 Å². The van der Waals surface area contributed by atoms with Crippen LogP contribution in [-0.2, 0) is 0 Å². The van der Waals surface area contributed by atoms with Crippen molar-refractivity contribution in [2.75, 3.05) is 7.05 Å². The van der Waals surface area contributed by atoms with Crippen LogP contribution >= 0.6 is 11.3 Å². The highest BCUT2D eigenvalue weighted by Gasteiger charge is 2.15. The van der Waals surface area contributed by atoms with Gasteiger partial charge in [-0.3, -0.25) is 0 Å². The van der Waals surface area contributed by atoms with Gasteiger partial charge in [0.1, 0.15) is 0 Å². The Labute approximate surface area is 87.6 Å². The topological polar surface area (TPSA) is 25.2 Å². The summed E-state index contributed by atoms with van der Waals surface area (Å²) in [6, 6.07) is 2.39. The van der Waals surface area contributed by atoms with Gasteiger partial charge >= 0.3 is 0 Å². The van der Waals surface area contributed by atoms with Crippen LogP contribution in [-0.4, -0.2) is 7.05 Å². The van der Waals surface area contributed by atoms with Crippen LogP contribution in [0.4, 0.5) is 0 Å². The maximum atomic E-state index is 5.19. The minimum absolute atomic E-state index is 0.250. The quantitative estimate of drug-likeness (QED) is 0.837. The summed E-state index contributed by atoms with van der Waals surface area (Å²) in [4.78, 5) is 0. The average Bonchev–Trinajstić information content (AvgIpc) is 2.80. The summed E-state index contributed by atoms with van der Waals surface area (Å²) in [6.07, 6.45) is 3.60. The van der Waals surface area contributed by atoms with E-state index in [0.29, 0.717) is 0 Å². The molecule has 0 amide bonds. The molecule has 0 fully saturated rings. The van der Waals surface area contributed by atoms with E-state index < -0.39 is 0 Å². The molecule has 0 bridgehead atoms. The van der Waals surface area contributed by atoms with Crippen LogP contribution in [0.3, 0.4) is 0 Å². The molecule has 1 atom stereocenters. The van der Waals surface area contributed by atoms with E-state index in [9.17, 15) is 0 Å². The van der Waals surface area contributed by atoms with Crippen molar-refractivity contribution in [3.8, 4) is 0 Å². The molecule has 0 saturated heterocycles. The maximum Gasteiger partial charge on any atom is 0.0956 e. The zero-order valence-corrected chi connectivity index (χ0v) is 9.10. The van der Waals surface area contributed by atoms with Gasteiger partial charge in [0.15, 0.2) is 0 Å². The van der Waals surface area contributed by atoms with Crippen molar-refractivity contribution in [1.82, 2.24) is 5.32 Å². The second-order valence-corrected chi connectivity index (χ2v) is 4.07. The van der Waals surface area contributed by atoms with Crippen LogP contribution in [0.2, 0.25) is 0 Å². The van der Waals surface area contributed by atoms with Gasteiger partial charge in [-0.25, -0.2) is 0 Å². The zero-order valence-electron chi connectivity index (χ0n) is 8.28. The molecule has 0 saturated carbocycles. The Morgan fingerprint density at radius 2 is 2.29 bits per heavy atom. The molecule has 74 valence electrons. The zero-order chi connectivity index (χ0) is 9.97. The van der Waals surface area contributed by atoms with Crippen LogP contribution in [0, 0.1) is 6.92 Å². The van der Waals surface area contributed by atoms with Crippen LogP contribution < -0.4 is 5.32 Å². The summed E-state index contributed by atoms with van der Waals surface area (Å²) in [5.41, 5.74) is 3.70. The fourth-order valence-electron chi connectivity index (χ4n) is 1.61. The number of hydrogen-bond acceptors (Lipinski definition) is 3. The lowest BCUT2D eigenvalue weighted by Crippen LogP contribution is -2.17. The van der Waals surface area contributed by atoms with Gasteiger partial charge in [0, 0.05) is 5.56 Å². The molecule has 2 aromatic rings. The van der Waals surface area contributed by atoms with Gasteiger partial charge in [-0.2, -0.15) is 11.3 Å². The molecule has 2 nitrogen and oxygen atoms in total. The largest absolute Gasteiger partial charge is 0.472 e. The molecule has 0 aromatic carbocycles. The fraction of sp³-hybridized carbons (Fsp3) is 0.273. The maximum absolute atomic E-state index is 5.19. The van der Waals surface area contributed by atoms with Crippen LogP contribution in [0.5, 0.6) is 0 Å². The molecule has 1 unspecified atom stereocenters. The molecule has 3 heteroatoms. The minimum Gasteiger partial charge on any atom is -0.472 e. The van der Waals surface area contributed by atoms with Crippen molar-refractivity contribution in [3.63, 3.8) is 0 Å². The normalized spacial score (nSPS) is 13.0. The summed E-state index contributed by atoms with van der Waals surface area (Å²) in [7, 11) is 1.97. The Hall–Kier alpha value is -1.06. The Balaban J connectivity index is 2.36. The lowest BCUT2D eigenvalue weighted by molar-refractivity contribution is 0.557. The van der Waals surface area contributed by atoms with E-state index in [1.807, 2.05) is 13.3 Å². The number of thiophene rings is 1. The van der Waals surface area contributed by atoms with Crippen LogP contribution in [0.25, 0.3) is 0 Å². The molecule has 0 aliphatic heterocycles. The third-order valence-electron chi connectivity index (χ3n) is 2.37. The molecule has 2 rings (SSSR count). The van der Waals surface area contributed by atoms with Crippen molar-refractivity contribution in [3.05, 3.63) is 46.0 Å². The first kappa shape index (κ1) is 9.49. The molecule has 0 aliphatic carbocycles. The molecule has 14 heavy (non-hydrogen) atoms. The van der Waals surface area contributed by atoms with Gasteiger partial charge in [-0.05, 0) is 41.9 Å². The number of hydrogen-bond donors (Lipinski definition) is 1. The third kappa shape index (κ3) is 1.61. The number of nitrogens with one attached hydrogen (secondary N) is 1. The first-order valence-electron chi connectivity index (χ1n) is 4.55. The van der Waals surface area contributed by atoms with Gasteiger partial charge in [0.05, 0.1) is 18.6 Å². The Morgan fingerprint density at radius 3 is 2.79 bits per heavy atom. The second kappa shape index (κ2) is 3.98. The highest BCUT2D eigenvalue weighted by atomic mass is 32.1. The lowest BCUT2D eigenvalue weighted by Gasteiger charge is -2.13. The molecule has 1 N–H and O–H groups in total. The van der Waals surface area contributed by atoms with E-state index in [1.165, 1.54) is 16.7 Å². The number of rotatable bonds is 3. The Morgan fingerprint density at radius 1 is 1.43 bits per heavy atom. The highest BCUT2D eigenvalue weighted by Crippen LogP contribution is 2.26. The highest BCUT2D eigenvalue weighted by molar-refractivity contribution is 7.08. The van der Waals surface area contributed by atoms with Crippen molar-refractivity contribution < 1.29 is 4.42 Å². The molecular weight excluding hydrogens is 194 g/mol. The van der Waals surface area contributed by atoms with Crippen molar-refractivity contribution in [2.24, 2.45) is 0 Å².